The van der Waals surface area contributed by atoms with E-state index in [4.69, 9.17) is 0 Å². The van der Waals surface area contributed by atoms with Gasteiger partial charge in [-0.05, 0) is 109 Å². The molecule has 0 spiro atoms. The Kier molecular flexibility index (Phi) is 6.58. The molecule has 7 aromatic carbocycles. The molecule has 9 rings (SSSR count). The molecule has 0 saturated carbocycles. The molecular formula is C48H39N. The van der Waals surface area contributed by atoms with Gasteiger partial charge in [0.2, 0.25) is 0 Å². The Labute approximate surface area is 290 Å². The van der Waals surface area contributed by atoms with Gasteiger partial charge in [0.05, 0.1) is 0 Å². The van der Waals surface area contributed by atoms with E-state index >= 15 is 0 Å². The fraction of sp³-hybridized carbons (Fsp3) is 0.125. The van der Waals surface area contributed by atoms with Gasteiger partial charge in [-0.3, -0.25) is 0 Å². The molecule has 7 aromatic rings. The van der Waals surface area contributed by atoms with Crippen LogP contribution in [-0.2, 0) is 10.8 Å². The Bertz CT molecular complexity index is 2360. The Balaban J connectivity index is 1.18. The molecule has 236 valence electrons. The zero-order valence-electron chi connectivity index (χ0n) is 28.5. The van der Waals surface area contributed by atoms with E-state index in [-0.39, 0.29) is 10.8 Å². The van der Waals surface area contributed by atoms with Crippen molar-refractivity contribution < 1.29 is 0 Å². The van der Waals surface area contributed by atoms with Crippen LogP contribution in [0.15, 0.2) is 164 Å². The van der Waals surface area contributed by atoms with Crippen LogP contribution in [0.2, 0.25) is 0 Å². The van der Waals surface area contributed by atoms with Gasteiger partial charge in [-0.1, -0.05) is 149 Å². The molecule has 49 heavy (non-hydrogen) atoms. The van der Waals surface area contributed by atoms with Gasteiger partial charge in [0.15, 0.2) is 0 Å². The maximum absolute atomic E-state index is 2.45. The lowest BCUT2D eigenvalue weighted by Gasteiger charge is -2.30. The SMILES string of the molecule is CC1(C)c2ccccc2-c2ccc(N(c3ccc(-c4ccccc4)cc3)c3ccc4c(c3)C(C)(C)c3cc(-c5ccccc5)ccc3-4)cc21. The molecule has 0 bridgehead atoms. The van der Waals surface area contributed by atoms with Crippen molar-refractivity contribution in [1.29, 1.82) is 0 Å². The standard InChI is InChI=1S/C48H39N/c1-47(2)43-18-12-11-17-39(43)41-27-24-37(30-45(41)47)49(36-22-19-34(20-23-36)32-13-7-5-8-14-32)38-25-28-42-40-26-21-35(33-15-9-6-10-16-33)29-44(40)48(3,4)46(42)31-38/h5-31H,1-4H3. The second-order valence-electron chi connectivity index (χ2n) is 14.6. The zero-order valence-corrected chi connectivity index (χ0v) is 28.5. The van der Waals surface area contributed by atoms with Gasteiger partial charge >= 0.3 is 0 Å². The van der Waals surface area contributed by atoms with E-state index in [0.717, 1.165) is 5.69 Å². The lowest BCUT2D eigenvalue weighted by Crippen LogP contribution is -2.18. The summed E-state index contributed by atoms with van der Waals surface area (Å²) in [6, 6.07) is 60.5. The van der Waals surface area contributed by atoms with Crippen LogP contribution in [0.4, 0.5) is 17.1 Å². The first-order chi connectivity index (χ1) is 23.8. The first kappa shape index (κ1) is 29.5. The summed E-state index contributed by atoms with van der Waals surface area (Å²) in [6.45, 7) is 9.48. The van der Waals surface area contributed by atoms with Crippen LogP contribution in [0.25, 0.3) is 44.5 Å². The third-order valence-electron chi connectivity index (χ3n) is 11.1. The van der Waals surface area contributed by atoms with Crippen LogP contribution < -0.4 is 4.90 Å². The third-order valence-corrected chi connectivity index (χ3v) is 11.1. The molecule has 1 nitrogen and oxygen atoms in total. The van der Waals surface area contributed by atoms with Crippen LogP contribution in [0, 0.1) is 0 Å². The molecule has 0 unspecified atom stereocenters. The molecule has 1 heteroatoms. The second kappa shape index (κ2) is 10.9. The maximum Gasteiger partial charge on any atom is 0.0465 e. The van der Waals surface area contributed by atoms with Crippen LogP contribution in [0.1, 0.15) is 49.9 Å². The third kappa shape index (κ3) is 4.60. The van der Waals surface area contributed by atoms with Gasteiger partial charge < -0.3 is 4.90 Å². The molecule has 0 saturated heterocycles. The van der Waals surface area contributed by atoms with Crippen molar-refractivity contribution in [3.05, 3.63) is 186 Å². The van der Waals surface area contributed by atoms with E-state index < -0.39 is 0 Å². The number of fused-ring (bicyclic) bond motifs is 6. The number of rotatable bonds is 5. The fourth-order valence-electron chi connectivity index (χ4n) is 8.39. The monoisotopic (exact) mass is 629 g/mol. The molecule has 0 aromatic heterocycles. The molecule has 0 heterocycles. The van der Waals surface area contributed by atoms with Gasteiger partial charge in [-0.15, -0.1) is 0 Å². The maximum atomic E-state index is 2.45. The highest BCUT2D eigenvalue weighted by Crippen LogP contribution is 2.53. The van der Waals surface area contributed by atoms with E-state index in [1.54, 1.807) is 0 Å². The van der Waals surface area contributed by atoms with E-state index in [2.05, 4.69) is 196 Å². The zero-order chi connectivity index (χ0) is 33.3. The number of nitrogens with zero attached hydrogens (tertiary/aromatic N) is 1. The average molecular weight is 630 g/mol. The van der Waals surface area contributed by atoms with Gasteiger partial charge in [0, 0.05) is 27.9 Å². The molecule has 0 fully saturated rings. The largest absolute Gasteiger partial charge is 0.310 e. The van der Waals surface area contributed by atoms with Gasteiger partial charge in [0.1, 0.15) is 0 Å². The summed E-state index contributed by atoms with van der Waals surface area (Å²) in [7, 11) is 0. The highest BCUT2D eigenvalue weighted by atomic mass is 15.1. The van der Waals surface area contributed by atoms with E-state index in [1.165, 1.54) is 78.1 Å². The Hall–Kier alpha value is -5.66. The quantitative estimate of drug-likeness (QED) is 0.183. The highest BCUT2D eigenvalue weighted by Gasteiger charge is 2.38. The Morgan fingerprint density at radius 1 is 0.306 bits per heavy atom. The minimum absolute atomic E-state index is 0.0806. The predicted molar refractivity (Wildman–Crippen MR) is 207 cm³/mol. The summed E-state index contributed by atoms with van der Waals surface area (Å²) < 4.78 is 0. The minimum atomic E-state index is -0.143. The molecule has 2 aliphatic carbocycles. The summed E-state index contributed by atoms with van der Waals surface area (Å²) >= 11 is 0. The predicted octanol–water partition coefficient (Wildman–Crippen LogP) is 13.1. The summed E-state index contributed by atoms with van der Waals surface area (Å²) in [5.41, 5.74) is 19.1. The minimum Gasteiger partial charge on any atom is -0.310 e. The number of hydrogen-bond donors (Lipinski definition) is 0. The first-order valence-electron chi connectivity index (χ1n) is 17.4. The second-order valence-corrected chi connectivity index (χ2v) is 14.6. The summed E-state index contributed by atoms with van der Waals surface area (Å²) in [4.78, 5) is 2.45. The van der Waals surface area contributed by atoms with Crippen LogP contribution in [0.5, 0.6) is 0 Å². The van der Waals surface area contributed by atoms with Crippen molar-refractivity contribution in [1.82, 2.24) is 0 Å². The lowest BCUT2D eigenvalue weighted by molar-refractivity contribution is 0.660. The molecule has 2 aliphatic rings. The molecule has 0 atom stereocenters. The van der Waals surface area contributed by atoms with Crippen molar-refractivity contribution in [2.75, 3.05) is 4.90 Å². The van der Waals surface area contributed by atoms with Crippen molar-refractivity contribution in [2.24, 2.45) is 0 Å². The van der Waals surface area contributed by atoms with Gasteiger partial charge in [-0.25, -0.2) is 0 Å². The Morgan fingerprint density at radius 3 is 1.29 bits per heavy atom. The van der Waals surface area contributed by atoms with Gasteiger partial charge in [-0.2, -0.15) is 0 Å². The summed E-state index contributed by atoms with van der Waals surface area (Å²) in [5.74, 6) is 0. The number of benzene rings is 7. The van der Waals surface area contributed by atoms with Crippen LogP contribution in [0.3, 0.4) is 0 Å². The molecule has 0 radical (unpaired) electrons. The number of hydrogen-bond acceptors (Lipinski definition) is 1. The fourth-order valence-corrected chi connectivity index (χ4v) is 8.39. The van der Waals surface area contributed by atoms with Crippen molar-refractivity contribution >= 4 is 17.1 Å². The average Bonchev–Trinajstić information content (AvgIpc) is 3.51. The number of anilines is 3. The normalized spacial score (nSPS) is 14.4. The lowest BCUT2D eigenvalue weighted by atomic mass is 9.81. The van der Waals surface area contributed by atoms with E-state index in [0.29, 0.717) is 0 Å². The molecule has 0 amide bonds. The molecular weight excluding hydrogens is 591 g/mol. The van der Waals surface area contributed by atoms with E-state index in [9.17, 15) is 0 Å². The van der Waals surface area contributed by atoms with Crippen LogP contribution in [-0.4, -0.2) is 0 Å². The smallest absolute Gasteiger partial charge is 0.0465 e. The van der Waals surface area contributed by atoms with Crippen molar-refractivity contribution in [3.8, 4) is 44.5 Å². The summed E-state index contributed by atoms with van der Waals surface area (Å²) in [5, 5.41) is 0. The van der Waals surface area contributed by atoms with Crippen molar-refractivity contribution in [2.45, 2.75) is 38.5 Å². The first-order valence-corrected chi connectivity index (χ1v) is 17.4. The van der Waals surface area contributed by atoms with Crippen molar-refractivity contribution in [3.63, 3.8) is 0 Å². The summed E-state index contributed by atoms with van der Waals surface area (Å²) in [6.07, 6.45) is 0. The highest BCUT2D eigenvalue weighted by molar-refractivity contribution is 5.89. The van der Waals surface area contributed by atoms with Gasteiger partial charge in [0.25, 0.3) is 0 Å². The molecule has 0 N–H and O–H groups in total. The topological polar surface area (TPSA) is 3.24 Å². The molecule has 0 aliphatic heterocycles. The van der Waals surface area contributed by atoms with E-state index in [1.807, 2.05) is 0 Å². The van der Waals surface area contributed by atoms with Crippen LogP contribution >= 0.6 is 0 Å². The Morgan fingerprint density at radius 2 is 0.694 bits per heavy atom.